The fourth-order valence-electron chi connectivity index (χ4n) is 1.94. The Labute approximate surface area is 108 Å². The van der Waals surface area contributed by atoms with Gasteiger partial charge in [-0.25, -0.2) is 4.98 Å². The summed E-state index contributed by atoms with van der Waals surface area (Å²) in [5.41, 5.74) is 6.57. The molecule has 3 nitrogen and oxygen atoms in total. The van der Waals surface area contributed by atoms with Gasteiger partial charge in [0.15, 0.2) is 0 Å². The van der Waals surface area contributed by atoms with Crippen LogP contribution in [0.15, 0.2) is 5.38 Å². The van der Waals surface area contributed by atoms with Gasteiger partial charge in [0, 0.05) is 24.4 Å². The van der Waals surface area contributed by atoms with E-state index in [1.54, 1.807) is 11.3 Å². The summed E-state index contributed by atoms with van der Waals surface area (Å²) in [6.07, 6.45) is 1.92. The van der Waals surface area contributed by atoms with Crippen molar-refractivity contribution in [3.05, 3.63) is 16.1 Å². The summed E-state index contributed by atoms with van der Waals surface area (Å²) in [4.78, 5) is 4.73. The highest BCUT2D eigenvalue weighted by Crippen LogP contribution is 2.36. The van der Waals surface area contributed by atoms with E-state index >= 15 is 0 Å². The number of nitrogens with two attached hydrogens (primary N) is 1. The number of aromatic nitrogens is 1. The molecule has 2 N–H and O–H groups in total. The van der Waals surface area contributed by atoms with E-state index in [4.69, 9.17) is 15.5 Å². The Morgan fingerprint density at radius 2 is 2.06 bits per heavy atom. The van der Waals surface area contributed by atoms with Crippen LogP contribution in [0.2, 0.25) is 0 Å². The second kappa shape index (κ2) is 6.47. The third-order valence-electron chi connectivity index (χ3n) is 3.33. The Morgan fingerprint density at radius 1 is 1.41 bits per heavy atom. The van der Waals surface area contributed by atoms with Crippen molar-refractivity contribution in [1.82, 2.24) is 4.98 Å². The molecular formula is C13H24N2OS. The van der Waals surface area contributed by atoms with Gasteiger partial charge in [-0.1, -0.05) is 20.8 Å². The van der Waals surface area contributed by atoms with Gasteiger partial charge in [-0.3, -0.25) is 0 Å². The first kappa shape index (κ1) is 14.6. The van der Waals surface area contributed by atoms with Crippen molar-refractivity contribution in [3.8, 4) is 0 Å². The smallest absolute Gasteiger partial charge is 0.125 e. The van der Waals surface area contributed by atoms with Gasteiger partial charge in [0.05, 0.1) is 5.69 Å². The molecule has 0 radical (unpaired) electrons. The molecule has 1 heterocycles. The van der Waals surface area contributed by atoms with E-state index in [1.165, 1.54) is 0 Å². The van der Waals surface area contributed by atoms with E-state index < -0.39 is 0 Å². The highest BCUT2D eigenvalue weighted by atomic mass is 32.1. The molecule has 0 bridgehead atoms. The fourth-order valence-corrected chi connectivity index (χ4v) is 3.17. The first-order chi connectivity index (χ1) is 8.13. The van der Waals surface area contributed by atoms with E-state index in [2.05, 4.69) is 26.2 Å². The molecule has 1 unspecified atom stereocenters. The Morgan fingerprint density at radius 3 is 2.53 bits per heavy atom. The molecule has 1 rings (SSSR count). The van der Waals surface area contributed by atoms with E-state index in [0.717, 1.165) is 30.2 Å². The summed E-state index contributed by atoms with van der Waals surface area (Å²) in [6.45, 7) is 9.83. The minimum absolute atomic E-state index is 0.202. The van der Waals surface area contributed by atoms with Crippen LogP contribution >= 0.6 is 11.3 Å². The molecule has 0 amide bonds. The lowest BCUT2D eigenvalue weighted by atomic mass is 9.98. The largest absolute Gasteiger partial charge is 0.368 e. The van der Waals surface area contributed by atoms with Crippen molar-refractivity contribution in [2.24, 2.45) is 5.73 Å². The van der Waals surface area contributed by atoms with E-state index in [0.29, 0.717) is 12.5 Å². The third-order valence-corrected chi connectivity index (χ3v) is 4.38. The van der Waals surface area contributed by atoms with Gasteiger partial charge in [-0.2, -0.15) is 0 Å². The first-order valence-electron chi connectivity index (χ1n) is 6.43. The van der Waals surface area contributed by atoms with Gasteiger partial charge in [-0.05, 0) is 19.8 Å². The minimum Gasteiger partial charge on any atom is -0.368 e. The lowest BCUT2D eigenvalue weighted by molar-refractivity contribution is -0.0507. The van der Waals surface area contributed by atoms with Gasteiger partial charge in [-0.15, -0.1) is 11.3 Å². The summed E-state index contributed by atoms with van der Waals surface area (Å²) in [5.74, 6) is 0.327. The van der Waals surface area contributed by atoms with E-state index in [1.807, 2.05) is 6.92 Å². The maximum atomic E-state index is 5.96. The lowest BCUT2D eigenvalue weighted by Gasteiger charge is -2.29. The summed E-state index contributed by atoms with van der Waals surface area (Å²) < 4.78 is 5.96. The predicted octanol–water partition coefficient (Wildman–Crippen LogP) is 3.26. The van der Waals surface area contributed by atoms with Gasteiger partial charge in [0.25, 0.3) is 0 Å². The van der Waals surface area contributed by atoms with Crippen LogP contribution in [0.25, 0.3) is 0 Å². The molecule has 0 saturated carbocycles. The van der Waals surface area contributed by atoms with Crippen LogP contribution in [-0.2, 0) is 10.3 Å². The zero-order valence-corrected chi connectivity index (χ0v) is 12.1. The van der Waals surface area contributed by atoms with Crippen LogP contribution in [0.5, 0.6) is 0 Å². The van der Waals surface area contributed by atoms with E-state index in [-0.39, 0.29) is 5.60 Å². The molecule has 0 spiro atoms. The Kier molecular flexibility index (Phi) is 5.56. The molecule has 1 atom stereocenters. The van der Waals surface area contributed by atoms with Crippen molar-refractivity contribution in [2.75, 3.05) is 13.2 Å². The summed E-state index contributed by atoms with van der Waals surface area (Å²) >= 11 is 1.70. The van der Waals surface area contributed by atoms with Crippen LogP contribution < -0.4 is 5.73 Å². The third kappa shape index (κ3) is 3.06. The average molecular weight is 256 g/mol. The molecule has 0 aliphatic carbocycles. The Hall–Kier alpha value is -0.450. The highest BCUT2D eigenvalue weighted by molar-refractivity contribution is 7.09. The molecule has 98 valence electrons. The molecule has 0 aliphatic heterocycles. The van der Waals surface area contributed by atoms with Crippen LogP contribution in [-0.4, -0.2) is 18.1 Å². The predicted molar refractivity (Wildman–Crippen MR) is 73.5 cm³/mol. The fraction of sp³-hybridized carbons (Fsp3) is 0.769. The van der Waals surface area contributed by atoms with Gasteiger partial charge < -0.3 is 10.5 Å². The number of hydrogen-bond donors (Lipinski definition) is 1. The first-order valence-corrected chi connectivity index (χ1v) is 7.31. The van der Waals surface area contributed by atoms with Crippen LogP contribution in [0.1, 0.15) is 57.2 Å². The summed E-state index contributed by atoms with van der Waals surface area (Å²) in [7, 11) is 0. The SMILES string of the molecule is CCOC(CC)(CC)c1nc(C(C)CN)cs1. The molecule has 1 aromatic heterocycles. The molecule has 17 heavy (non-hydrogen) atoms. The monoisotopic (exact) mass is 256 g/mol. The zero-order chi connectivity index (χ0) is 12.9. The highest BCUT2D eigenvalue weighted by Gasteiger charge is 2.32. The van der Waals surface area contributed by atoms with Crippen molar-refractivity contribution >= 4 is 11.3 Å². The number of ether oxygens (including phenoxy) is 1. The molecular weight excluding hydrogens is 232 g/mol. The standard InChI is InChI=1S/C13H24N2OS/c1-5-13(6-2,16-7-3)12-15-11(9-17-12)10(4)8-14/h9-10H,5-8,14H2,1-4H3. The van der Waals surface area contributed by atoms with Gasteiger partial charge >= 0.3 is 0 Å². The van der Waals surface area contributed by atoms with Crippen molar-refractivity contribution in [1.29, 1.82) is 0 Å². The maximum absolute atomic E-state index is 5.96. The molecule has 0 saturated heterocycles. The van der Waals surface area contributed by atoms with Gasteiger partial charge in [0.2, 0.25) is 0 Å². The number of rotatable bonds is 7. The van der Waals surface area contributed by atoms with Crippen molar-refractivity contribution in [3.63, 3.8) is 0 Å². The van der Waals surface area contributed by atoms with E-state index in [9.17, 15) is 0 Å². The minimum atomic E-state index is -0.202. The molecule has 0 fully saturated rings. The Bertz CT molecular complexity index is 334. The summed E-state index contributed by atoms with van der Waals surface area (Å²) in [5, 5.41) is 3.21. The average Bonchev–Trinajstić information content (AvgIpc) is 2.85. The second-order valence-electron chi connectivity index (χ2n) is 4.35. The summed E-state index contributed by atoms with van der Waals surface area (Å²) in [6, 6.07) is 0. The Balaban J connectivity index is 2.99. The van der Waals surface area contributed by atoms with Crippen LogP contribution in [0.4, 0.5) is 0 Å². The maximum Gasteiger partial charge on any atom is 0.125 e. The number of nitrogens with zero attached hydrogens (tertiary/aromatic N) is 1. The number of hydrogen-bond acceptors (Lipinski definition) is 4. The van der Waals surface area contributed by atoms with Crippen molar-refractivity contribution < 1.29 is 4.74 Å². The second-order valence-corrected chi connectivity index (χ2v) is 5.21. The number of thiazole rings is 1. The van der Waals surface area contributed by atoms with Crippen LogP contribution in [0, 0.1) is 0 Å². The molecule has 1 aromatic rings. The molecule has 0 aromatic carbocycles. The van der Waals surface area contributed by atoms with Gasteiger partial charge in [0.1, 0.15) is 10.6 Å². The zero-order valence-electron chi connectivity index (χ0n) is 11.3. The normalized spacial score (nSPS) is 13.9. The lowest BCUT2D eigenvalue weighted by Crippen LogP contribution is -2.28. The molecule has 4 heteroatoms. The molecule has 0 aliphatic rings. The topological polar surface area (TPSA) is 48.1 Å². The quantitative estimate of drug-likeness (QED) is 0.814. The van der Waals surface area contributed by atoms with Crippen LogP contribution in [0.3, 0.4) is 0 Å². The van der Waals surface area contributed by atoms with Crippen molar-refractivity contribution in [2.45, 2.75) is 52.1 Å².